The number of pyridine rings is 1. The molecule has 136 valence electrons. The predicted molar refractivity (Wildman–Crippen MR) is 102 cm³/mol. The minimum Gasteiger partial charge on any atom is -0.496 e. The first kappa shape index (κ1) is 17.1. The van der Waals surface area contributed by atoms with Gasteiger partial charge in [-0.3, -0.25) is 9.88 Å². The monoisotopic (exact) mass is 351 g/mol. The topological polar surface area (TPSA) is 50.5 Å². The third-order valence-corrected chi connectivity index (χ3v) is 5.38. The molecule has 5 heteroatoms. The highest BCUT2D eigenvalue weighted by atomic mass is 16.5. The summed E-state index contributed by atoms with van der Waals surface area (Å²) >= 11 is 0. The van der Waals surface area contributed by atoms with E-state index in [0.29, 0.717) is 6.54 Å². The Kier molecular flexibility index (Phi) is 4.66. The standard InChI is InChI=1S/C21H25N3O2/c1-26-20-7-3-2-5-17(20)15-23-13-9-21(25,10-14-23)16-24-12-8-18-19(24)6-4-11-22-18/h2-8,11-12,25H,9-10,13-16H2,1H3. The average molecular weight is 351 g/mol. The van der Waals surface area contributed by atoms with Crippen molar-refractivity contribution in [3.05, 3.63) is 60.4 Å². The second kappa shape index (κ2) is 7.09. The summed E-state index contributed by atoms with van der Waals surface area (Å²) < 4.78 is 7.58. The third kappa shape index (κ3) is 3.45. The van der Waals surface area contributed by atoms with Crippen molar-refractivity contribution in [2.75, 3.05) is 20.2 Å². The smallest absolute Gasteiger partial charge is 0.123 e. The Morgan fingerprint density at radius 1 is 1.12 bits per heavy atom. The molecule has 2 aromatic heterocycles. The van der Waals surface area contributed by atoms with Gasteiger partial charge in [0.05, 0.1) is 30.3 Å². The van der Waals surface area contributed by atoms with Crippen molar-refractivity contribution in [2.45, 2.75) is 31.5 Å². The molecule has 4 rings (SSSR count). The maximum atomic E-state index is 11.1. The fourth-order valence-corrected chi connectivity index (χ4v) is 3.84. The third-order valence-electron chi connectivity index (χ3n) is 5.38. The highest BCUT2D eigenvalue weighted by Gasteiger charge is 2.33. The molecule has 26 heavy (non-hydrogen) atoms. The molecule has 1 fully saturated rings. The fourth-order valence-electron chi connectivity index (χ4n) is 3.84. The Labute approximate surface area is 153 Å². The number of hydrogen-bond donors (Lipinski definition) is 1. The molecule has 1 saturated heterocycles. The van der Waals surface area contributed by atoms with E-state index in [9.17, 15) is 5.11 Å². The molecule has 1 N–H and O–H groups in total. The van der Waals surface area contributed by atoms with Gasteiger partial charge in [-0.25, -0.2) is 0 Å². The number of piperidine rings is 1. The minimum absolute atomic E-state index is 0.616. The van der Waals surface area contributed by atoms with Crippen molar-refractivity contribution in [1.29, 1.82) is 0 Å². The lowest BCUT2D eigenvalue weighted by atomic mass is 9.91. The van der Waals surface area contributed by atoms with Crippen molar-refractivity contribution >= 4 is 11.0 Å². The summed E-state index contributed by atoms with van der Waals surface area (Å²) in [6.07, 6.45) is 5.36. The molecule has 0 spiro atoms. The van der Waals surface area contributed by atoms with Crippen molar-refractivity contribution in [3.8, 4) is 5.75 Å². The normalized spacial score (nSPS) is 17.5. The molecule has 3 aromatic rings. The molecule has 0 radical (unpaired) electrons. The van der Waals surface area contributed by atoms with Gasteiger partial charge >= 0.3 is 0 Å². The Balaban J connectivity index is 1.41. The van der Waals surface area contributed by atoms with Gasteiger partial charge in [0.2, 0.25) is 0 Å². The van der Waals surface area contributed by atoms with Gasteiger partial charge in [-0.05, 0) is 37.1 Å². The number of hydrogen-bond acceptors (Lipinski definition) is 4. The van der Waals surface area contributed by atoms with Crippen LogP contribution >= 0.6 is 0 Å². The highest BCUT2D eigenvalue weighted by molar-refractivity contribution is 5.75. The molecule has 0 unspecified atom stereocenters. The zero-order valence-corrected chi connectivity index (χ0v) is 15.1. The van der Waals surface area contributed by atoms with Crippen LogP contribution in [0.3, 0.4) is 0 Å². The van der Waals surface area contributed by atoms with Crippen LogP contribution in [-0.4, -0.2) is 45.4 Å². The first-order chi connectivity index (χ1) is 12.7. The summed E-state index contributed by atoms with van der Waals surface area (Å²) in [7, 11) is 1.71. The second-order valence-electron chi connectivity index (χ2n) is 7.16. The summed E-state index contributed by atoms with van der Waals surface area (Å²) in [5, 5.41) is 11.1. The van der Waals surface area contributed by atoms with E-state index in [1.165, 1.54) is 5.56 Å². The number of ether oxygens (including phenoxy) is 1. The van der Waals surface area contributed by atoms with Crippen LogP contribution in [0.2, 0.25) is 0 Å². The molecule has 0 atom stereocenters. The Hall–Kier alpha value is -2.37. The maximum Gasteiger partial charge on any atom is 0.123 e. The van der Waals surface area contributed by atoms with Crippen LogP contribution in [0.25, 0.3) is 11.0 Å². The maximum absolute atomic E-state index is 11.1. The lowest BCUT2D eigenvalue weighted by Crippen LogP contribution is -2.46. The van der Waals surface area contributed by atoms with E-state index in [4.69, 9.17) is 4.74 Å². The molecule has 1 aliphatic rings. The number of methoxy groups -OCH3 is 1. The number of likely N-dealkylation sites (tertiary alicyclic amines) is 1. The van der Waals surface area contributed by atoms with Gasteiger partial charge in [-0.1, -0.05) is 18.2 Å². The quantitative estimate of drug-likeness (QED) is 0.767. The average Bonchev–Trinajstić information content (AvgIpc) is 3.07. The van der Waals surface area contributed by atoms with E-state index in [1.807, 2.05) is 36.5 Å². The summed E-state index contributed by atoms with van der Waals surface area (Å²) in [5.74, 6) is 0.930. The van der Waals surface area contributed by atoms with Gasteiger partial charge in [0.1, 0.15) is 5.75 Å². The van der Waals surface area contributed by atoms with Crippen molar-refractivity contribution in [3.63, 3.8) is 0 Å². The molecular formula is C21H25N3O2. The van der Waals surface area contributed by atoms with Gasteiger partial charge in [-0.15, -0.1) is 0 Å². The molecule has 5 nitrogen and oxygen atoms in total. The Morgan fingerprint density at radius 2 is 1.92 bits per heavy atom. The predicted octanol–water partition coefficient (Wildman–Crippen LogP) is 3.07. The largest absolute Gasteiger partial charge is 0.496 e. The Morgan fingerprint density at radius 3 is 2.73 bits per heavy atom. The van der Waals surface area contributed by atoms with Crippen LogP contribution < -0.4 is 4.74 Å². The number of benzene rings is 1. The first-order valence-corrected chi connectivity index (χ1v) is 9.13. The van der Waals surface area contributed by atoms with E-state index in [-0.39, 0.29) is 0 Å². The molecule has 0 aliphatic carbocycles. The van der Waals surface area contributed by atoms with E-state index in [0.717, 1.165) is 49.3 Å². The molecular weight excluding hydrogens is 326 g/mol. The van der Waals surface area contributed by atoms with E-state index < -0.39 is 5.60 Å². The lowest BCUT2D eigenvalue weighted by Gasteiger charge is -2.38. The number of para-hydroxylation sites is 1. The van der Waals surface area contributed by atoms with Crippen molar-refractivity contribution in [1.82, 2.24) is 14.5 Å². The van der Waals surface area contributed by atoms with E-state index in [2.05, 4.69) is 26.6 Å². The molecule has 1 aliphatic heterocycles. The molecule has 0 amide bonds. The zero-order valence-electron chi connectivity index (χ0n) is 15.1. The van der Waals surface area contributed by atoms with Crippen molar-refractivity contribution < 1.29 is 9.84 Å². The fraction of sp³-hybridized carbons (Fsp3) is 0.381. The van der Waals surface area contributed by atoms with Gasteiger partial charge in [-0.2, -0.15) is 0 Å². The highest BCUT2D eigenvalue weighted by Crippen LogP contribution is 2.28. The van der Waals surface area contributed by atoms with Gasteiger partial charge in [0.15, 0.2) is 0 Å². The molecule has 0 bridgehead atoms. The summed E-state index contributed by atoms with van der Waals surface area (Å²) in [5.41, 5.74) is 2.59. The van der Waals surface area contributed by atoms with Gasteiger partial charge in [0.25, 0.3) is 0 Å². The van der Waals surface area contributed by atoms with Crippen LogP contribution in [0.4, 0.5) is 0 Å². The van der Waals surface area contributed by atoms with Gasteiger partial charge in [0, 0.05) is 37.6 Å². The second-order valence-corrected chi connectivity index (χ2v) is 7.16. The minimum atomic E-state index is -0.668. The Bertz CT molecular complexity index is 882. The summed E-state index contributed by atoms with van der Waals surface area (Å²) in [6, 6.07) is 14.2. The van der Waals surface area contributed by atoms with Crippen LogP contribution in [0.15, 0.2) is 54.9 Å². The van der Waals surface area contributed by atoms with E-state index in [1.54, 1.807) is 13.3 Å². The van der Waals surface area contributed by atoms with Crippen LogP contribution in [0, 0.1) is 0 Å². The number of aromatic nitrogens is 2. The zero-order chi connectivity index (χ0) is 18.0. The van der Waals surface area contributed by atoms with Gasteiger partial charge < -0.3 is 14.4 Å². The van der Waals surface area contributed by atoms with E-state index >= 15 is 0 Å². The SMILES string of the molecule is COc1ccccc1CN1CCC(O)(Cn2ccc3ncccc32)CC1. The first-order valence-electron chi connectivity index (χ1n) is 9.13. The number of nitrogens with zero attached hydrogens (tertiary/aromatic N) is 3. The number of aliphatic hydroxyl groups is 1. The molecule has 3 heterocycles. The number of rotatable bonds is 5. The molecule has 0 saturated carbocycles. The van der Waals surface area contributed by atoms with Crippen LogP contribution in [0.1, 0.15) is 18.4 Å². The molecule has 1 aromatic carbocycles. The summed E-state index contributed by atoms with van der Waals surface area (Å²) in [6.45, 7) is 3.24. The van der Waals surface area contributed by atoms with Crippen molar-refractivity contribution in [2.24, 2.45) is 0 Å². The number of fused-ring (bicyclic) bond motifs is 1. The van der Waals surface area contributed by atoms with Crippen LogP contribution in [-0.2, 0) is 13.1 Å². The summed E-state index contributed by atoms with van der Waals surface area (Å²) in [4.78, 5) is 6.76. The lowest BCUT2D eigenvalue weighted by molar-refractivity contribution is -0.0350. The van der Waals surface area contributed by atoms with Crippen LogP contribution in [0.5, 0.6) is 5.75 Å².